The van der Waals surface area contributed by atoms with Crippen LogP contribution in [0.2, 0.25) is 0 Å². The van der Waals surface area contributed by atoms with Gasteiger partial charge in [-0.15, -0.1) is 0 Å². The number of methoxy groups -OCH3 is 3. The number of carbonyl (C=O) groups excluding carboxylic acids is 2. The Labute approximate surface area is 147 Å². The van der Waals surface area contributed by atoms with Gasteiger partial charge in [-0.3, -0.25) is 4.79 Å². The molecule has 0 aliphatic heterocycles. The Hall–Kier alpha value is -2.54. The van der Waals surface area contributed by atoms with Gasteiger partial charge in [-0.2, -0.15) is 0 Å². The summed E-state index contributed by atoms with van der Waals surface area (Å²) in [5, 5.41) is 2.70. The van der Waals surface area contributed by atoms with Crippen molar-refractivity contribution in [3.05, 3.63) is 52.0 Å². The van der Waals surface area contributed by atoms with Crippen LogP contribution in [-0.2, 0) is 4.74 Å². The summed E-state index contributed by atoms with van der Waals surface area (Å²) in [7, 11) is 4.29. The average molecular weight is 394 g/mol. The first-order valence-corrected chi connectivity index (χ1v) is 7.70. The van der Waals surface area contributed by atoms with Gasteiger partial charge in [0.25, 0.3) is 5.91 Å². The average Bonchev–Trinajstić information content (AvgIpc) is 2.61. The number of amides is 1. The molecule has 2 aromatic rings. The van der Waals surface area contributed by atoms with Gasteiger partial charge in [0.05, 0.1) is 32.6 Å². The molecule has 0 saturated heterocycles. The summed E-state index contributed by atoms with van der Waals surface area (Å²) in [5.74, 6) is 0.0319. The third kappa shape index (κ3) is 3.86. The van der Waals surface area contributed by atoms with Gasteiger partial charge in [-0.25, -0.2) is 4.79 Å². The number of esters is 1. The Kier molecular flexibility index (Phi) is 5.81. The molecule has 6 nitrogen and oxygen atoms in total. The maximum Gasteiger partial charge on any atom is 0.340 e. The van der Waals surface area contributed by atoms with Gasteiger partial charge in [0.2, 0.25) is 0 Å². The minimum Gasteiger partial charge on any atom is -0.493 e. The van der Waals surface area contributed by atoms with E-state index in [1.807, 2.05) is 0 Å². The fourth-order valence-corrected chi connectivity index (χ4v) is 2.44. The highest BCUT2D eigenvalue weighted by atomic mass is 79.9. The zero-order valence-electron chi connectivity index (χ0n) is 13.4. The number of hydrogen-bond donors (Lipinski definition) is 1. The molecule has 126 valence electrons. The van der Waals surface area contributed by atoms with E-state index in [0.717, 1.165) is 0 Å². The van der Waals surface area contributed by atoms with Gasteiger partial charge in [-0.05, 0) is 36.4 Å². The number of halogens is 1. The highest BCUT2D eigenvalue weighted by Crippen LogP contribution is 2.28. The quantitative estimate of drug-likeness (QED) is 0.786. The molecule has 7 heteroatoms. The first-order valence-electron chi connectivity index (χ1n) is 6.91. The lowest BCUT2D eigenvalue weighted by atomic mass is 10.1. The van der Waals surface area contributed by atoms with Crippen LogP contribution in [-0.4, -0.2) is 33.2 Å². The Bertz CT molecular complexity index is 776. The van der Waals surface area contributed by atoms with Crippen LogP contribution in [0.1, 0.15) is 20.7 Å². The van der Waals surface area contributed by atoms with Gasteiger partial charge in [0.1, 0.15) is 0 Å². The summed E-state index contributed by atoms with van der Waals surface area (Å²) in [5.41, 5.74) is 0.969. The maximum atomic E-state index is 12.5. The van der Waals surface area contributed by atoms with E-state index in [9.17, 15) is 9.59 Å². The zero-order valence-corrected chi connectivity index (χ0v) is 15.0. The summed E-state index contributed by atoms with van der Waals surface area (Å²) in [6, 6.07) is 9.72. The summed E-state index contributed by atoms with van der Waals surface area (Å²) in [6.45, 7) is 0. The smallest absolute Gasteiger partial charge is 0.340 e. The van der Waals surface area contributed by atoms with E-state index in [1.165, 1.54) is 21.3 Å². The van der Waals surface area contributed by atoms with Crippen molar-refractivity contribution in [2.24, 2.45) is 0 Å². The van der Waals surface area contributed by atoms with Crippen molar-refractivity contribution in [2.45, 2.75) is 0 Å². The van der Waals surface area contributed by atoms with Gasteiger partial charge in [0.15, 0.2) is 11.5 Å². The Morgan fingerprint density at radius 3 is 2.29 bits per heavy atom. The standard InChI is InChI=1S/C17H16BrNO5/c1-22-14-7-4-10(8-15(14)23-2)16(20)19-13-6-5-11(18)9-12(13)17(21)24-3/h4-9H,1-3H3,(H,19,20). The summed E-state index contributed by atoms with van der Waals surface area (Å²) in [4.78, 5) is 24.3. The number of rotatable bonds is 5. The molecular formula is C17H16BrNO5. The Morgan fingerprint density at radius 2 is 1.67 bits per heavy atom. The molecule has 0 fully saturated rings. The number of anilines is 1. The van der Waals surface area contributed by atoms with Crippen molar-refractivity contribution >= 4 is 33.5 Å². The molecule has 0 bridgehead atoms. The lowest BCUT2D eigenvalue weighted by molar-refractivity contribution is 0.0602. The monoisotopic (exact) mass is 393 g/mol. The second-order valence-corrected chi connectivity index (χ2v) is 5.62. The zero-order chi connectivity index (χ0) is 17.7. The van der Waals surface area contributed by atoms with Gasteiger partial charge >= 0.3 is 5.97 Å². The van der Waals surface area contributed by atoms with Crippen LogP contribution in [0.15, 0.2) is 40.9 Å². The van der Waals surface area contributed by atoms with Gasteiger partial charge in [-0.1, -0.05) is 15.9 Å². The summed E-state index contributed by atoms with van der Waals surface area (Å²) < 4.78 is 15.8. The van der Waals surface area contributed by atoms with E-state index in [4.69, 9.17) is 14.2 Å². The fraction of sp³-hybridized carbons (Fsp3) is 0.176. The van der Waals surface area contributed by atoms with Crippen molar-refractivity contribution in [3.8, 4) is 11.5 Å². The summed E-state index contributed by atoms with van der Waals surface area (Å²) in [6.07, 6.45) is 0. The molecule has 0 unspecified atom stereocenters. The highest BCUT2D eigenvalue weighted by Gasteiger charge is 2.16. The van der Waals surface area contributed by atoms with Crippen molar-refractivity contribution in [1.82, 2.24) is 0 Å². The van der Waals surface area contributed by atoms with Crippen LogP contribution in [0.3, 0.4) is 0 Å². The van der Waals surface area contributed by atoms with Crippen molar-refractivity contribution in [2.75, 3.05) is 26.6 Å². The molecule has 0 atom stereocenters. The van der Waals surface area contributed by atoms with Crippen LogP contribution in [0, 0.1) is 0 Å². The minimum absolute atomic E-state index is 0.251. The van der Waals surface area contributed by atoms with Gasteiger partial charge in [0, 0.05) is 10.0 Å². The molecule has 1 N–H and O–H groups in total. The lowest BCUT2D eigenvalue weighted by Crippen LogP contribution is -2.15. The van der Waals surface area contributed by atoms with E-state index >= 15 is 0 Å². The third-order valence-electron chi connectivity index (χ3n) is 3.28. The number of carbonyl (C=O) groups is 2. The highest BCUT2D eigenvalue weighted by molar-refractivity contribution is 9.10. The van der Waals surface area contributed by atoms with Crippen LogP contribution >= 0.6 is 15.9 Å². The van der Waals surface area contributed by atoms with Crippen LogP contribution in [0.25, 0.3) is 0 Å². The molecule has 0 radical (unpaired) electrons. The third-order valence-corrected chi connectivity index (χ3v) is 3.77. The molecule has 0 aliphatic carbocycles. The van der Waals surface area contributed by atoms with Crippen LogP contribution in [0.4, 0.5) is 5.69 Å². The van der Waals surface area contributed by atoms with E-state index in [1.54, 1.807) is 36.4 Å². The Balaban J connectivity index is 2.32. The molecule has 24 heavy (non-hydrogen) atoms. The largest absolute Gasteiger partial charge is 0.493 e. The van der Waals surface area contributed by atoms with Crippen LogP contribution < -0.4 is 14.8 Å². The molecule has 1 amide bonds. The SMILES string of the molecule is COC(=O)c1cc(Br)ccc1NC(=O)c1ccc(OC)c(OC)c1. The molecule has 0 aromatic heterocycles. The van der Waals surface area contributed by atoms with Crippen molar-refractivity contribution < 1.29 is 23.8 Å². The molecule has 0 spiro atoms. The number of nitrogens with one attached hydrogen (secondary N) is 1. The number of ether oxygens (including phenoxy) is 3. The second kappa shape index (κ2) is 7.83. The lowest BCUT2D eigenvalue weighted by Gasteiger charge is -2.12. The molecule has 2 rings (SSSR count). The van der Waals surface area contributed by atoms with Crippen molar-refractivity contribution in [3.63, 3.8) is 0 Å². The summed E-state index contributed by atoms with van der Waals surface area (Å²) >= 11 is 3.29. The Morgan fingerprint density at radius 1 is 0.958 bits per heavy atom. The normalized spacial score (nSPS) is 10.0. The second-order valence-electron chi connectivity index (χ2n) is 4.71. The predicted molar refractivity (Wildman–Crippen MR) is 93.0 cm³/mol. The molecule has 0 saturated carbocycles. The van der Waals surface area contributed by atoms with E-state index in [2.05, 4.69) is 21.2 Å². The first-order chi connectivity index (χ1) is 11.5. The minimum atomic E-state index is -0.543. The molecular weight excluding hydrogens is 378 g/mol. The molecule has 0 heterocycles. The predicted octanol–water partition coefficient (Wildman–Crippen LogP) is 3.51. The van der Waals surface area contributed by atoms with Crippen molar-refractivity contribution in [1.29, 1.82) is 0 Å². The number of benzene rings is 2. The fourth-order valence-electron chi connectivity index (χ4n) is 2.08. The molecule has 2 aromatic carbocycles. The van der Waals surface area contributed by atoms with Crippen LogP contribution in [0.5, 0.6) is 11.5 Å². The number of hydrogen-bond acceptors (Lipinski definition) is 5. The first kappa shape index (κ1) is 17.8. The van der Waals surface area contributed by atoms with Gasteiger partial charge < -0.3 is 19.5 Å². The maximum absolute atomic E-state index is 12.5. The van der Waals surface area contributed by atoms with E-state index < -0.39 is 5.97 Å². The van der Waals surface area contributed by atoms with E-state index in [0.29, 0.717) is 27.2 Å². The topological polar surface area (TPSA) is 73.9 Å². The van der Waals surface area contributed by atoms with E-state index in [-0.39, 0.29) is 11.5 Å². The molecule has 0 aliphatic rings.